The molecular formula is C22H29NO3. The molecule has 1 heterocycles. The summed E-state index contributed by atoms with van der Waals surface area (Å²) in [6, 6.07) is 0. The van der Waals surface area contributed by atoms with Crippen LogP contribution >= 0.6 is 0 Å². The Labute approximate surface area is 155 Å². The number of allylic oxidation sites excluding steroid dienone is 4. The SMILES string of the molecule is CC12CC/C(=N\O)C=C1C=CC1C2CCC2(C)C1CCC21CCC(=O)O1. The van der Waals surface area contributed by atoms with Crippen LogP contribution in [0.1, 0.15) is 65.2 Å². The van der Waals surface area contributed by atoms with Gasteiger partial charge in [-0.3, -0.25) is 4.79 Å². The lowest BCUT2D eigenvalue weighted by atomic mass is 9.48. The number of hydrogen-bond acceptors (Lipinski definition) is 4. The second-order valence-electron chi connectivity index (χ2n) is 9.72. The van der Waals surface area contributed by atoms with Crippen molar-refractivity contribution in [3.8, 4) is 0 Å². The molecule has 1 spiro atoms. The van der Waals surface area contributed by atoms with Crippen molar-refractivity contribution in [1.82, 2.24) is 0 Å². The first-order valence-electron chi connectivity index (χ1n) is 10.3. The molecule has 0 aromatic heterocycles. The van der Waals surface area contributed by atoms with E-state index in [0.717, 1.165) is 37.8 Å². The van der Waals surface area contributed by atoms with Crippen LogP contribution in [0.2, 0.25) is 0 Å². The first-order chi connectivity index (χ1) is 12.4. The van der Waals surface area contributed by atoms with Gasteiger partial charge in [0.2, 0.25) is 0 Å². The van der Waals surface area contributed by atoms with Gasteiger partial charge in [-0.1, -0.05) is 31.2 Å². The van der Waals surface area contributed by atoms with Gasteiger partial charge < -0.3 is 9.94 Å². The van der Waals surface area contributed by atoms with Gasteiger partial charge in [-0.05, 0) is 79.8 Å². The fourth-order valence-corrected chi connectivity index (χ4v) is 7.38. The third-order valence-corrected chi connectivity index (χ3v) is 8.99. The Morgan fingerprint density at radius 1 is 1.12 bits per heavy atom. The molecule has 6 atom stereocenters. The van der Waals surface area contributed by atoms with Gasteiger partial charge in [0.1, 0.15) is 5.60 Å². The predicted molar refractivity (Wildman–Crippen MR) is 98.9 cm³/mol. The molecular weight excluding hydrogens is 326 g/mol. The number of oxime groups is 1. The molecule has 6 unspecified atom stereocenters. The van der Waals surface area contributed by atoms with E-state index in [1.807, 2.05) is 0 Å². The highest BCUT2D eigenvalue weighted by Gasteiger charge is 2.66. The lowest BCUT2D eigenvalue weighted by Gasteiger charge is -2.57. The van der Waals surface area contributed by atoms with Crippen molar-refractivity contribution in [1.29, 1.82) is 0 Å². The van der Waals surface area contributed by atoms with E-state index >= 15 is 0 Å². The van der Waals surface area contributed by atoms with Crippen molar-refractivity contribution in [2.24, 2.45) is 33.7 Å². The van der Waals surface area contributed by atoms with Crippen LogP contribution in [-0.4, -0.2) is 22.5 Å². The average molecular weight is 355 g/mol. The summed E-state index contributed by atoms with van der Waals surface area (Å²) in [5.41, 5.74) is 2.24. The number of fused-ring (bicyclic) bond motifs is 6. The molecule has 1 N–H and O–H groups in total. The zero-order chi connectivity index (χ0) is 18.2. The van der Waals surface area contributed by atoms with E-state index in [4.69, 9.17) is 4.74 Å². The fraction of sp³-hybridized carbons (Fsp3) is 0.727. The molecule has 5 rings (SSSR count). The molecule has 0 amide bonds. The van der Waals surface area contributed by atoms with Gasteiger partial charge in [0.15, 0.2) is 0 Å². The van der Waals surface area contributed by atoms with Crippen LogP contribution < -0.4 is 0 Å². The minimum Gasteiger partial charge on any atom is -0.458 e. The summed E-state index contributed by atoms with van der Waals surface area (Å²) in [7, 11) is 0. The number of rotatable bonds is 0. The van der Waals surface area contributed by atoms with Gasteiger partial charge in [-0.2, -0.15) is 0 Å². The first-order valence-corrected chi connectivity index (χ1v) is 10.3. The van der Waals surface area contributed by atoms with E-state index in [-0.39, 0.29) is 22.4 Å². The Morgan fingerprint density at radius 2 is 1.92 bits per heavy atom. The zero-order valence-corrected chi connectivity index (χ0v) is 15.8. The number of hydrogen-bond donors (Lipinski definition) is 1. The molecule has 1 saturated heterocycles. The monoisotopic (exact) mass is 355 g/mol. The second-order valence-corrected chi connectivity index (χ2v) is 9.72. The maximum absolute atomic E-state index is 11.9. The molecule has 140 valence electrons. The highest BCUT2D eigenvalue weighted by Crippen LogP contribution is 2.68. The fourth-order valence-electron chi connectivity index (χ4n) is 7.38. The van der Waals surface area contributed by atoms with Crippen LogP contribution in [0, 0.1) is 28.6 Å². The molecule has 4 aliphatic carbocycles. The van der Waals surface area contributed by atoms with Crippen LogP contribution in [0.5, 0.6) is 0 Å². The number of esters is 1. The molecule has 0 radical (unpaired) electrons. The molecule has 26 heavy (non-hydrogen) atoms. The van der Waals surface area contributed by atoms with Crippen molar-refractivity contribution < 1.29 is 14.7 Å². The Morgan fingerprint density at radius 3 is 2.65 bits per heavy atom. The molecule has 2 saturated carbocycles. The summed E-state index contributed by atoms with van der Waals surface area (Å²) in [5, 5.41) is 12.6. The summed E-state index contributed by atoms with van der Waals surface area (Å²) in [6.45, 7) is 4.82. The van der Waals surface area contributed by atoms with Crippen LogP contribution in [-0.2, 0) is 9.53 Å². The Bertz CT molecular complexity index is 752. The van der Waals surface area contributed by atoms with E-state index in [1.165, 1.54) is 18.4 Å². The van der Waals surface area contributed by atoms with E-state index in [1.54, 1.807) is 0 Å². The highest BCUT2D eigenvalue weighted by atomic mass is 16.6. The van der Waals surface area contributed by atoms with Crippen molar-refractivity contribution in [3.05, 3.63) is 23.8 Å². The Hall–Kier alpha value is -1.58. The summed E-state index contributed by atoms with van der Waals surface area (Å²) in [5.74, 6) is 1.83. The van der Waals surface area contributed by atoms with E-state index < -0.39 is 0 Å². The molecule has 4 heteroatoms. The molecule has 1 aliphatic heterocycles. The van der Waals surface area contributed by atoms with Crippen LogP contribution in [0.15, 0.2) is 29.0 Å². The van der Waals surface area contributed by atoms with Crippen LogP contribution in [0.3, 0.4) is 0 Å². The van der Waals surface area contributed by atoms with Gasteiger partial charge >= 0.3 is 5.97 Å². The van der Waals surface area contributed by atoms with Gasteiger partial charge in [0, 0.05) is 11.8 Å². The van der Waals surface area contributed by atoms with Gasteiger partial charge in [0.05, 0.1) is 5.71 Å². The minimum atomic E-state index is -0.201. The molecule has 0 aromatic rings. The number of carbonyl (C=O) groups excluding carboxylic acids is 1. The highest BCUT2D eigenvalue weighted by molar-refractivity contribution is 5.96. The smallest absolute Gasteiger partial charge is 0.306 e. The maximum Gasteiger partial charge on any atom is 0.306 e. The van der Waals surface area contributed by atoms with Gasteiger partial charge in [-0.25, -0.2) is 0 Å². The van der Waals surface area contributed by atoms with Crippen molar-refractivity contribution in [2.75, 3.05) is 0 Å². The van der Waals surface area contributed by atoms with Crippen molar-refractivity contribution in [3.63, 3.8) is 0 Å². The standard InChI is InChI=1S/C22H29NO3/c1-20-9-5-15(23-25)13-14(20)3-4-16-17(20)6-10-21(2)18(16)7-11-22(21)12-8-19(24)26-22/h3-4,13,16-18,25H,5-12H2,1-2H3/b23-15+. The number of ether oxygens (including phenoxy) is 1. The van der Waals surface area contributed by atoms with Crippen molar-refractivity contribution >= 4 is 11.7 Å². The molecule has 5 aliphatic rings. The quantitative estimate of drug-likeness (QED) is 0.391. The molecule has 4 nitrogen and oxygen atoms in total. The predicted octanol–water partition coefficient (Wildman–Crippen LogP) is 4.63. The minimum absolute atomic E-state index is 0.00784. The van der Waals surface area contributed by atoms with Crippen molar-refractivity contribution in [2.45, 2.75) is 70.8 Å². The lowest BCUT2D eigenvalue weighted by Crippen LogP contribution is -2.53. The summed E-state index contributed by atoms with van der Waals surface area (Å²) >= 11 is 0. The van der Waals surface area contributed by atoms with Gasteiger partial charge in [0.25, 0.3) is 0 Å². The maximum atomic E-state index is 11.9. The second kappa shape index (κ2) is 5.24. The lowest BCUT2D eigenvalue weighted by molar-refractivity contribution is -0.165. The summed E-state index contributed by atoms with van der Waals surface area (Å²) in [4.78, 5) is 11.9. The molecule has 3 fully saturated rings. The zero-order valence-electron chi connectivity index (χ0n) is 15.8. The number of nitrogens with zero attached hydrogens (tertiary/aromatic N) is 1. The topological polar surface area (TPSA) is 58.9 Å². The Balaban J connectivity index is 1.52. The first kappa shape index (κ1) is 16.6. The number of carbonyl (C=O) groups is 1. The van der Waals surface area contributed by atoms with Gasteiger partial charge in [-0.15, -0.1) is 0 Å². The normalized spacial score (nSPS) is 51.0. The molecule has 0 bridgehead atoms. The van der Waals surface area contributed by atoms with E-state index in [0.29, 0.717) is 24.2 Å². The largest absolute Gasteiger partial charge is 0.458 e. The summed E-state index contributed by atoms with van der Waals surface area (Å²) < 4.78 is 6.00. The van der Waals surface area contributed by atoms with E-state index in [2.05, 4.69) is 37.2 Å². The third-order valence-electron chi connectivity index (χ3n) is 8.99. The van der Waals surface area contributed by atoms with Crippen LogP contribution in [0.25, 0.3) is 0 Å². The average Bonchev–Trinajstić information content (AvgIpc) is 3.15. The van der Waals surface area contributed by atoms with Crippen LogP contribution in [0.4, 0.5) is 0 Å². The Kier molecular flexibility index (Phi) is 3.34. The van der Waals surface area contributed by atoms with E-state index in [9.17, 15) is 10.0 Å². The third kappa shape index (κ3) is 1.91. The molecule has 0 aromatic carbocycles. The summed E-state index contributed by atoms with van der Waals surface area (Å²) in [6.07, 6.45) is 14.8.